The summed E-state index contributed by atoms with van der Waals surface area (Å²) in [6, 6.07) is 0. The number of nitrogens with one attached hydrogen (secondary N) is 3. The average molecular weight is 252 g/mol. The number of thiocarbonyl (C=S) groups is 1. The van der Waals surface area contributed by atoms with E-state index in [2.05, 4.69) is 12.2 Å². The lowest BCUT2D eigenvalue weighted by Crippen LogP contribution is -2.50. The molecule has 0 aliphatic carbocycles. The van der Waals surface area contributed by atoms with Crippen LogP contribution >= 0.6 is 12.2 Å². The van der Waals surface area contributed by atoms with Crippen LogP contribution in [0.4, 0.5) is 13.2 Å². The monoisotopic (exact) mass is 252 g/mol. The van der Waals surface area contributed by atoms with E-state index in [-0.39, 0.29) is 0 Å². The molecule has 0 fully saturated rings. The third-order valence-corrected chi connectivity index (χ3v) is 1.77. The Morgan fingerprint density at radius 2 is 1.93 bits per heavy atom. The van der Waals surface area contributed by atoms with Crippen LogP contribution in [0.2, 0.25) is 0 Å². The largest absolute Gasteiger partial charge is 0.402 e. The maximum atomic E-state index is 11.6. The molecule has 14 heavy (non-hydrogen) atoms. The van der Waals surface area contributed by atoms with E-state index >= 15 is 0 Å². The lowest BCUT2D eigenvalue weighted by Gasteiger charge is -2.10. The van der Waals surface area contributed by atoms with Gasteiger partial charge >= 0.3 is 6.18 Å². The summed E-state index contributed by atoms with van der Waals surface area (Å²) in [5, 5.41) is -0.414. The molecular weight excluding hydrogens is 245 g/mol. The molecule has 0 heterocycles. The molecule has 0 saturated heterocycles. The number of hydrogen-bond acceptors (Lipinski definition) is 3. The van der Waals surface area contributed by atoms with E-state index in [4.69, 9.17) is 5.73 Å². The van der Waals surface area contributed by atoms with Gasteiger partial charge in [-0.15, -0.1) is 4.83 Å². The van der Waals surface area contributed by atoms with Gasteiger partial charge in [-0.3, -0.25) is 5.43 Å². The molecule has 0 saturated carbocycles. The van der Waals surface area contributed by atoms with E-state index in [9.17, 15) is 21.6 Å². The van der Waals surface area contributed by atoms with E-state index < -0.39 is 28.0 Å². The topological polar surface area (TPSA) is 96.2 Å². The molecule has 11 heteroatoms. The molecule has 0 unspecified atom stereocenters. The molecule has 5 N–H and O–H groups in total. The fraction of sp³-hybridized carbons (Fsp3) is 0.667. The standard InChI is InChI=1S/C3H7F3N4O2S2/c4-3(5,6)1-8-14(11,12)10-9-2(7)13/h8,10H,1H2,(H3,7,9,13). The van der Waals surface area contributed by atoms with Crippen molar-refractivity contribution in [3.8, 4) is 0 Å². The molecule has 0 aliphatic rings. The fourth-order valence-corrected chi connectivity index (χ4v) is 1.12. The first-order valence-electron chi connectivity index (χ1n) is 3.01. The van der Waals surface area contributed by atoms with Crippen LogP contribution in [0.25, 0.3) is 0 Å². The zero-order valence-electron chi connectivity index (χ0n) is 6.55. The molecule has 0 radical (unpaired) electrons. The Morgan fingerprint density at radius 1 is 1.43 bits per heavy atom. The van der Waals surface area contributed by atoms with Gasteiger partial charge in [-0.2, -0.15) is 26.3 Å². The fourth-order valence-electron chi connectivity index (χ4n) is 0.330. The molecule has 0 amide bonds. The molecule has 0 aromatic heterocycles. The van der Waals surface area contributed by atoms with E-state index in [0.717, 1.165) is 0 Å². The van der Waals surface area contributed by atoms with Crippen molar-refractivity contribution >= 4 is 27.5 Å². The van der Waals surface area contributed by atoms with E-state index in [1.54, 1.807) is 5.43 Å². The third kappa shape index (κ3) is 7.97. The van der Waals surface area contributed by atoms with Crippen molar-refractivity contribution in [2.45, 2.75) is 6.18 Å². The Bertz CT molecular complexity index is 299. The van der Waals surface area contributed by atoms with Gasteiger partial charge in [0.25, 0.3) is 10.2 Å². The van der Waals surface area contributed by atoms with Crippen molar-refractivity contribution in [3.05, 3.63) is 0 Å². The highest BCUT2D eigenvalue weighted by molar-refractivity contribution is 7.87. The first-order valence-corrected chi connectivity index (χ1v) is 4.90. The summed E-state index contributed by atoms with van der Waals surface area (Å²) < 4.78 is 57.3. The highest BCUT2D eigenvalue weighted by Gasteiger charge is 2.29. The van der Waals surface area contributed by atoms with Gasteiger partial charge in [-0.05, 0) is 12.2 Å². The summed E-state index contributed by atoms with van der Waals surface area (Å²) in [5.41, 5.74) is 6.59. The highest BCUT2D eigenvalue weighted by atomic mass is 32.2. The maximum absolute atomic E-state index is 11.6. The first kappa shape index (κ1) is 13.4. The van der Waals surface area contributed by atoms with E-state index in [0.29, 0.717) is 0 Å². The Labute approximate surface area is 83.2 Å². The summed E-state index contributed by atoms with van der Waals surface area (Å²) in [6.45, 7) is -1.68. The molecule has 0 atom stereocenters. The smallest absolute Gasteiger partial charge is 0.375 e. The van der Waals surface area contributed by atoms with Crippen molar-refractivity contribution in [1.82, 2.24) is 15.0 Å². The minimum atomic E-state index is -4.63. The second kappa shape index (κ2) is 4.72. The van der Waals surface area contributed by atoms with E-state index in [1.807, 2.05) is 0 Å². The van der Waals surface area contributed by atoms with Crippen LogP contribution in [0.15, 0.2) is 0 Å². The number of alkyl halides is 3. The van der Waals surface area contributed by atoms with Gasteiger partial charge in [0.15, 0.2) is 5.11 Å². The number of rotatable bonds is 4. The second-order valence-corrected chi connectivity index (χ2v) is 3.97. The average Bonchev–Trinajstić information content (AvgIpc) is 1.97. The summed E-state index contributed by atoms with van der Waals surface area (Å²) in [6.07, 6.45) is -4.63. The summed E-state index contributed by atoms with van der Waals surface area (Å²) in [7, 11) is -4.31. The predicted molar refractivity (Wildman–Crippen MR) is 46.0 cm³/mol. The quantitative estimate of drug-likeness (QED) is 0.369. The van der Waals surface area contributed by atoms with Crippen LogP contribution in [-0.2, 0) is 10.2 Å². The number of hydrogen-bond donors (Lipinski definition) is 4. The number of halogens is 3. The van der Waals surface area contributed by atoms with E-state index in [1.165, 1.54) is 9.55 Å². The van der Waals surface area contributed by atoms with Crippen molar-refractivity contribution in [2.24, 2.45) is 5.73 Å². The number of hydrazine groups is 1. The second-order valence-electron chi connectivity index (χ2n) is 2.03. The van der Waals surface area contributed by atoms with Crippen molar-refractivity contribution < 1.29 is 21.6 Å². The highest BCUT2D eigenvalue weighted by Crippen LogP contribution is 2.12. The Balaban J connectivity index is 4.03. The molecule has 84 valence electrons. The van der Waals surface area contributed by atoms with Crippen LogP contribution in [-0.4, -0.2) is 26.3 Å². The van der Waals surface area contributed by atoms with Gasteiger partial charge in [0, 0.05) is 0 Å². The molecule has 0 aromatic carbocycles. The summed E-state index contributed by atoms with van der Waals surface area (Å²) in [4.78, 5) is 1.48. The molecule has 0 spiro atoms. The SMILES string of the molecule is NC(=S)NNS(=O)(=O)NCC(F)(F)F. The van der Waals surface area contributed by atoms with Crippen LogP contribution < -0.4 is 20.7 Å². The van der Waals surface area contributed by atoms with Crippen LogP contribution in [0.3, 0.4) is 0 Å². The minimum Gasteiger partial charge on any atom is -0.375 e. The maximum Gasteiger partial charge on any atom is 0.402 e. The summed E-state index contributed by atoms with van der Waals surface area (Å²) >= 11 is 4.21. The van der Waals surface area contributed by atoms with Gasteiger partial charge in [-0.25, -0.2) is 0 Å². The van der Waals surface area contributed by atoms with Crippen molar-refractivity contribution in [1.29, 1.82) is 0 Å². The first-order chi connectivity index (χ1) is 6.12. The van der Waals surface area contributed by atoms with Gasteiger partial charge in [-0.1, -0.05) is 0 Å². The molecule has 0 bridgehead atoms. The van der Waals surface area contributed by atoms with Crippen LogP contribution in [0.1, 0.15) is 0 Å². The van der Waals surface area contributed by atoms with Crippen molar-refractivity contribution in [3.63, 3.8) is 0 Å². The zero-order valence-corrected chi connectivity index (χ0v) is 8.18. The number of nitrogens with two attached hydrogens (primary N) is 1. The minimum absolute atomic E-state index is 0.414. The Hall–Kier alpha value is -0.650. The lowest BCUT2D eigenvalue weighted by molar-refractivity contribution is -0.121. The Kier molecular flexibility index (Phi) is 4.51. The van der Waals surface area contributed by atoms with Crippen molar-refractivity contribution in [2.75, 3.05) is 6.54 Å². The molecule has 0 aromatic rings. The summed E-state index contributed by atoms with van der Waals surface area (Å²) in [5.74, 6) is 0. The van der Waals surface area contributed by atoms with Gasteiger partial charge in [0.1, 0.15) is 6.54 Å². The molecule has 0 aliphatic heterocycles. The van der Waals surface area contributed by atoms with Gasteiger partial charge in [0.2, 0.25) is 0 Å². The van der Waals surface area contributed by atoms with Crippen LogP contribution in [0.5, 0.6) is 0 Å². The molecule has 0 rings (SSSR count). The van der Waals surface area contributed by atoms with Crippen LogP contribution in [0, 0.1) is 0 Å². The van der Waals surface area contributed by atoms with Gasteiger partial charge in [0.05, 0.1) is 0 Å². The molecular formula is C3H7F3N4O2S2. The zero-order chi connectivity index (χ0) is 11.4. The predicted octanol–water partition coefficient (Wildman–Crippen LogP) is -1.28. The Morgan fingerprint density at radius 3 is 2.29 bits per heavy atom. The lowest BCUT2D eigenvalue weighted by atomic mass is 10.7. The molecule has 6 nitrogen and oxygen atoms in total. The third-order valence-electron chi connectivity index (χ3n) is 0.771. The van der Waals surface area contributed by atoms with Gasteiger partial charge < -0.3 is 5.73 Å². The normalized spacial score (nSPS) is 12.5.